The zero-order chi connectivity index (χ0) is 24.9. The number of anilines is 2. The summed E-state index contributed by atoms with van der Waals surface area (Å²) in [7, 11) is 0. The van der Waals surface area contributed by atoms with Gasteiger partial charge >= 0.3 is 0 Å². The van der Waals surface area contributed by atoms with Crippen LogP contribution < -0.4 is 4.90 Å². The van der Waals surface area contributed by atoms with Crippen molar-refractivity contribution in [1.29, 1.82) is 5.26 Å². The van der Waals surface area contributed by atoms with Crippen molar-refractivity contribution in [2.24, 2.45) is 0 Å². The van der Waals surface area contributed by atoms with Crippen molar-refractivity contribution >= 4 is 32.9 Å². The second-order valence-corrected chi connectivity index (χ2v) is 8.51. The van der Waals surface area contributed by atoms with Gasteiger partial charge in [0.05, 0.1) is 11.6 Å². The highest BCUT2D eigenvalue weighted by molar-refractivity contribution is 6.14. The maximum atomic E-state index is 10.3. The van der Waals surface area contributed by atoms with E-state index in [0.29, 0.717) is 5.56 Å². The van der Waals surface area contributed by atoms with Crippen LogP contribution in [0.5, 0.6) is 0 Å². The topological polar surface area (TPSA) is 27.0 Å². The Morgan fingerprint density at radius 1 is 0.750 bits per heavy atom. The normalized spacial score (nSPS) is 11.6. The second-order valence-electron chi connectivity index (χ2n) is 8.51. The van der Waals surface area contributed by atoms with Crippen LogP contribution >= 0.6 is 0 Å². The quantitative estimate of drug-likeness (QED) is 0.186. The lowest BCUT2D eigenvalue weighted by molar-refractivity contribution is 1.20. The maximum absolute atomic E-state index is 10.3. The number of benzene rings is 5. The highest BCUT2D eigenvalue weighted by Crippen LogP contribution is 2.39. The smallest absolute Gasteiger partial charge is 0.0998 e. The molecule has 0 radical (unpaired) electrons. The Morgan fingerprint density at radius 2 is 1.44 bits per heavy atom. The van der Waals surface area contributed by atoms with Crippen molar-refractivity contribution in [1.82, 2.24) is 0 Å². The molecule has 0 fully saturated rings. The third-order valence-electron chi connectivity index (χ3n) is 6.41. The summed E-state index contributed by atoms with van der Waals surface area (Å²) in [5.74, 6) is 0. The van der Waals surface area contributed by atoms with E-state index in [0.717, 1.165) is 39.0 Å². The first kappa shape index (κ1) is 22.9. The molecule has 5 aromatic carbocycles. The Balaban J connectivity index is 1.72. The molecule has 0 unspecified atom stereocenters. The van der Waals surface area contributed by atoms with E-state index in [2.05, 4.69) is 102 Å². The molecule has 0 saturated heterocycles. The average molecular weight is 463 g/mol. The van der Waals surface area contributed by atoms with Crippen LogP contribution in [0.4, 0.5) is 11.4 Å². The minimum absolute atomic E-state index is 0.636. The van der Waals surface area contributed by atoms with Crippen LogP contribution in [-0.2, 0) is 0 Å². The van der Waals surface area contributed by atoms with Crippen molar-refractivity contribution in [2.45, 2.75) is 6.92 Å². The summed E-state index contributed by atoms with van der Waals surface area (Å²) in [6.07, 6.45) is 7.77. The van der Waals surface area contributed by atoms with E-state index in [1.54, 1.807) is 6.08 Å². The fourth-order valence-electron chi connectivity index (χ4n) is 4.77. The number of rotatable bonds is 6. The first-order valence-corrected chi connectivity index (χ1v) is 12.0. The number of nitrogens with zero attached hydrogens (tertiary/aromatic N) is 2. The lowest BCUT2D eigenvalue weighted by Gasteiger charge is -2.27. The Labute approximate surface area is 212 Å². The molecule has 0 aromatic heterocycles. The molecule has 2 heteroatoms. The second kappa shape index (κ2) is 10.2. The van der Waals surface area contributed by atoms with Crippen LogP contribution in [-0.4, -0.2) is 0 Å². The van der Waals surface area contributed by atoms with E-state index < -0.39 is 0 Å². The van der Waals surface area contributed by atoms with Gasteiger partial charge in [-0.25, -0.2) is 0 Å². The summed E-state index contributed by atoms with van der Waals surface area (Å²) in [6, 6.07) is 37.9. The monoisotopic (exact) mass is 462 g/mol. The lowest BCUT2D eigenvalue weighted by Crippen LogP contribution is -2.15. The van der Waals surface area contributed by atoms with E-state index in [-0.39, 0.29) is 0 Å². The zero-order valence-corrected chi connectivity index (χ0v) is 20.2. The van der Waals surface area contributed by atoms with Crippen LogP contribution in [0.1, 0.15) is 12.5 Å². The standard InChI is InChI=1S/C34H26N2/c1-3-5-14-27(4-2)36(28-15-7-6-8-16-28)29-20-21-31(26(22-29)24-35)34-23-25-13-9-10-17-30(25)32-18-11-12-19-33(32)34/h3-23H,1H2,2H3/b14-5-,27-4+. The van der Waals surface area contributed by atoms with Gasteiger partial charge in [-0.15, -0.1) is 0 Å². The molecule has 2 nitrogen and oxygen atoms in total. The highest BCUT2D eigenvalue weighted by atomic mass is 15.1. The fourth-order valence-corrected chi connectivity index (χ4v) is 4.77. The van der Waals surface area contributed by atoms with Crippen molar-refractivity contribution in [3.05, 3.63) is 145 Å². The van der Waals surface area contributed by atoms with Gasteiger partial charge in [-0.05, 0) is 70.4 Å². The van der Waals surface area contributed by atoms with Gasteiger partial charge in [0.2, 0.25) is 0 Å². The van der Waals surface area contributed by atoms with Gasteiger partial charge in [0.15, 0.2) is 0 Å². The molecule has 172 valence electrons. The van der Waals surface area contributed by atoms with Crippen molar-refractivity contribution in [3.8, 4) is 17.2 Å². The maximum Gasteiger partial charge on any atom is 0.0998 e. The third-order valence-corrected chi connectivity index (χ3v) is 6.41. The summed E-state index contributed by atoms with van der Waals surface area (Å²) >= 11 is 0. The van der Waals surface area contributed by atoms with Gasteiger partial charge < -0.3 is 4.90 Å². The summed E-state index contributed by atoms with van der Waals surface area (Å²) in [4.78, 5) is 2.16. The van der Waals surface area contributed by atoms with Crippen LogP contribution in [0, 0.1) is 11.3 Å². The molecular formula is C34H26N2. The predicted octanol–water partition coefficient (Wildman–Crippen LogP) is 9.32. The Bertz CT molecular complexity index is 1670. The number of hydrogen-bond donors (Lipinski definition) is 0. The largest absolute Gasteiger partial charge is 0.311 e. The SMILES string of the molecule is C=C/C=C\C(=C/C)N(c1ccccc1)c1ccc(-c2cc3ccccc3c3ccccc23)c(C#N)c1. The average Bonchev–Trinajstić information content (AvgIpc) is 2.95. The first-order valence-electron chi connectivity index (χ1n) is 12.0. The molecule has 0 amide bonds. The number of allylic oxidation sites excluding steroid dienone is 4. The van der Waals surface area contributed by atoms with Crippen LogP contribution in [0.2, 0.25) is 0 Å². The van der Waals surface area contributed by atoms with Gasteiger partial charge in [0.25, 0.3) is 0 Å². The molecule has 0 bridgehead atoms. The predicted molar refractivity (Wildman–Crippen MR) is 153 cm³/mol. The molecule has 36 heavy (non-hydrogen) atoms. The summed E-state index contributed by atoms with van der Waals surface area (Å²) in [5, 5.41) is 15.0. The van der Waals surface area contributed by atoms with Gasteiger partial charge in [0.1, 0.15) is 0 Å². The van der Waals surface area contributed by atoms with E-state index in [9.17, 15) is 5.26 Å². The Kier molecular flexibility index (Phi) is 6.47. The van der Waals surface area contributed by atoms with Gasteiger partial charge in [-0.3, -0.25) is 0 Å². The highest BCUT2D eigenvalue weighted by Gasteiger charge is 2.17. The number of para-hydroxylation sites is 1. The van der Waals surface area contributed by atoms with Crippen LogP contribution in [0.15, 0.2) is 140 Å². The van der Waals surface area contributed by atoms with E-state index in [1.165, 1.54) is 10.8 Å². The van der Waals surface area contributed by atoms with Gasteiger partial charge in [-0.2, -0.15) is 5.26 Å². The van der Waals surface area contributed by atoms with Gasteiger partial charge in [-0.1, -0.05) is 97.6 Å². The molecule has 0 aliphatic rings. The lowest BCUT2D eigenvalue weighted by atomic mass is 9.91. The van der Waals surface area contributed by atoms with Crippen LogP contribution in [0.3, 0.4) is 0 Å². The van der Waals surface area contributed by atoms with Gasteiger partial charge in [0, 0.05) is 22.6 Å². The van der Waals surface area contributed by atoms with E-state index in [4.69, 9.17) is 0 Å². The zero-order valence-electron chi connectivity index (χ0n) is 20.2. The Hall–Kier alpha value is -4.87. The number of nitriles is 1. The summed E-state index contributed by atoms with van der Waals surface area (Å²) in [6.45, 7) is 5.83. The Morgan fingerprint density at radius 3 is 2.17 bits per heavy atom. The summed E-state index contributed by atoms with van der Waals surface area (Å²) in [5.41, 5.74) is 5.57. The molecule has 0 aliphatic carbocycles. The van der Waals surface area contributed by atoms with Crippen molar-refractivity contribution in [3.63, 3.8) is 0 Å². The number of fused-ring (bicyclic) bond motifs is 3. The third kappa shape index (κ3) is 4.19. The molecule has 0 spiro atoms. The van der Waals surface area contributed by atoms with E-state index >= 15 is 0 Å². The van der Waals surface area contributed by atoms with Crippen molar-refractivity contribution < 1.29 is 0 Å². The molecule has 0 heterocycles. The summed E-state index contributed by atoms with van der Waals surface area (Å²) < 4.78 is 0. The first-order chi connectivity index (χ1) is 17.7. The van der Waals surface area contributed by atoms with E-state index in [1.807, 2.05) is 43.3 Å². The molecule has 0 atom stereocenters. The molecule has 0 saturated carbocycles. The van der Waals surface area contributed by atoms with Crippen LogP contribution in [0.25, 0.3) is 32.7 Å². The minimum Gasteiger partial charge on any atom is -0.311 e. The van der Waals surface area contributed by atoms with Crippen molar-refractivity contribution in [2.75, 3.05) is 4.90 Å². The molecule has 5 rings (SSSR count). The number of hydrogen-bond acceptors (Lipinski definition) is 2. The fraction of sp³-hybridized carbons (Fsp3) is 0.0294. The minimum atomic E-state index is 0.636. The molecule has 0 aliphatic heterocycles. The molecule has 0 N–H and O–H groups in total. The molecule has 5 aromatic rings. The molecular weight excluding hydrogens is 436 g/mol.